The zero-order chi connectivity index (χ0) is 14.7. The van der Waals surface area contributed by atoms with Crippen LogP contribution < -0.4 is 5.32 Å². The first-order chi connectivity index (χ1) is 8.73. The van der Waals surface area contributed by atoms with Gasteiger partial charge in [0.05, 0.1) is 20.7 Å². The molecule has 0 heterocycles. The lowest BCUT2D eigenvalue weighted by Gasteiger charge is -2.20. The van der Waals surface area contributed by atoms with E-state index in [1.54, 1.807) is 21.0 Å². The van der Waals surface area contributed by atoms with Crippen molar-refractivity contribution in [3.8, 4) is 0 Å². The number of benzene rings is 1. The predicted octanol–water partition coefficient (Wildman–Crippen LogP) is 2.79. The molecule has 1 rings (SSSR count). The lowest BCUT2D eigenvalue weighted by molar-refractivity contribution is -0.384. The van der Waals surface area contributed by atoms with Gasteiger partial charge >= 0.3 is 0 Å². The van der Waals surface area contributed by atoms with Gasteiger partial charge in [0.1, 0.15) is 6.04 Å². The van der Waals surface area contributed by atoms with E-state index < -0.39 is 11.0 Å². The first kappa shape index (κ1) is 15.5. The van der Waals surface area contributed by atoms with Gasteiger partial charge in [0, 0.05) is 26.2 Å². The average molecular weight is 306 g/mol. The minimum absolute atomic E-state index is 0.0950. The predicted molar refractivity (Wildman–Crippen MR) is 74.9 cm³/mol. The van der Waals surface area contributed by atoms with Gasteiger partial charge in [0.25, 0.3) is 5.69 Å². The summed E-state index contributed by atoms with van der Waals surface area (Å²) in [6.07, 6.45) is 0. The fraction of sp³-hybridized carbons (Fsp3) is 0.364. The zero-order valence-electron chi connectivity index (χ0n) is 10.6. The summed E-state index contributed by atoms with van der Waals surface area (Å²) < 4.78 is 0. The van der Waals surface area contributed by atoms with Gasteiger partial charge in [0.15, 0.2) is 0 Å². The number of nitro benzene ring substituents is 1. The van der Waals surface area contributed by atoms with Crippen LogP contribution in [0.4, 0.5) is 11.4 Å². The van der Waals surface area contributed by atoms with Crippen molar-refractivity contribution < 1.29 is 9.72 Å². The standard InChI is InChI=1S/C11H13Cl2N3O3/c1-6(11(17)15(2)3)14-10-8(12)4-7(16(18)19)5-9(10)13/h4-6,14H,1-3H3. The normalized spacial score (nSPS) is 11.8. The van der Waals surface area contributed by atoms with Gasteiger partial charge in [-0.25, -0.2) is 0 Å². The maximum absolute atomic E-state index is 11.7. The molecule has 6 nitrogen and oxygen atoms in total. The lowest BCUT2D eigenvalue weighted by atomic mass is 10.2. The number of nitrogens with one attached hydrogen (secondary N) is 1. The molecule has 1 amide bonds. The molecule has 104 valence electrons. The highest BCUT2D eigenvalue weighted by molar-refractivity contribution is 6.39. The quantitative estimate of drug-likeness (QED) is 0.685. The van der Waals surface area contributed by atoms with Crippen molar-refractivity contribution in [3.63, 3.8) is 0 Å². The Balaban J connectivity index is 3.03. The number of non-ortho nitro benzene ring substituents is 1. The number of carbonyl (C=O) groups is 1. The van der Waals surface area contributed by atoms with E-state index in [2.05, 4.69) is 5.32 Å². The van der Waals surface area contributed by atoms with E-state index >= 15 is 0 Å². The van der Waals surface area contributed by atoms with Crippen molar-refractivity contribution in [2.45, 2.75) is 13.0 Å². The lowest BCUT2D eigenvalue weighted by Crippen LogP contribution is -2.36. The van der Waals surface area contributed by atoms with Gasteiger partial charge in [-0.3, -0.25) is 14.9 Å². The van der Waals surface area contributed by atoms with Crippen LogP contribution in [0.25, 0.3) is 0 Å². The number of anilines is 1. The maximum atomic E-state index is 11.7. The van der Waals surface area contributed by atoms with Crippen LogP contribution >= 0.6 is 23.2 Å². The number of amides is 1. The van der Waals surface area contributed by atoms with E-state index in [0.717, 1.165) is 0 Å². The number of halogens is 2. The minimum atomic E-state index is -0.587. The number of hydrogen-bond acceptors (Lipinski definition) is 4. The molecule has 0 aliphatic heterocycles. The molecule has 1 N–H and O–H groups in total. The Labute approximate surface area is 120 Å². The summed E-state index contributed by atoms with van der Waals surface area (Å²) >= 11 is 11.9. The molecule has 0 aromatic heterocycles. The van der Waals surface area contributed by atoms with Crippen LogP contribution in [0.15, 0.2) is 12.1 Å². The maximum Gasteiger partial charge on any atom is 0.272 e. The molecule has 1 aromatic carbocycles. The molecule has 19 heavy (non-hydrogen) atoms. The number of likely N-dealkylation sites (N-methyl/N-ethyl adjacent to an activating group) is 1. The van der Waals surface area contributed by atoms with Crippen molar-refractivity contribution in [1.29, 1.82) is 0 Å². The van der Waals surface area contributed by atoms with Gasteiger partial charge in [-0.05, 0) is 6.92 Å². The number of rotatable bonds is 4. The number of nitro groups is 1. The van der Waals surface area contributed by atoms with Crippen molar-refractivity contribution >= 4 is 40.5 Å². The third-order valence-corrected chi connectivity index (χ3v) is 3.01. The monoisotopic (exact) mass is 305 g/mol. The summed E-state index contributed by atoms with van der Waals surface area (Å²) in [4.78, 5) is 23.2. The molecule has 0 spiro atoms. The number of nitrogens with zero attached hydrogens (tertiary/aromatic N) is 2. The number of carbonyl (C=O) groups excluding carboxylic acids is 1. The summed E-state index contributed by atoms with van der Waals surface area (Å²) in [6.45, 7) is 1.65. The van der Waals surface area contributed by atoms with E-state index in [-0.39, 0.29) is 21.6 Å². The molecule has 8 heteroatoms. The Hall–Kier alpha value is -1.53. The molecule has 1 atom stereocenters. The van der Waals surface area contributed by atoms with Crippen LogP contribution in [0.5, 0.6) is 0 Å². The minimum Gasteiger partial charge on any atom is -0.371 e. The largest absolute Gasteiger partial charge is 0.371 e. The van der Waals surface area contributed by atoms with Crippen molar-refractivity contribution in [2.75, 3.05) is 19.4 Å². The zero-order valence-corrected chi connectivity index (χ0v) is 12.1. The van der Waals surface area contributed by atoms with E-state index in [9.17, 15) is 14.9 Å². The Morgan fingerprint density at radius 3 is 2.21 bits per heavy atom. The summed E-state index contributed by atoms with van der Waals surface area (Å²) in [5.74, 6) is -0.162. The highest BCUT2D eigenvalue weighted by atomic mass is 35.5. The fourth-order valence-electron chi connectivity index (χ4n) is 1.47. The molecule has 0 radical (unpaired) electrons. The van der Waals surface area contributed by atoms with E-state index in [1.165, 1.54) is 17.0 Å². The van der Waals surface area contributed by atoms with Crippen molar-refractivity contribution in [1.82, 2.24) is 4.90 Å². The first-order valence-corrected chi connectivity index (χ1v) is 6.10. The molecule has 0 saturated carbocycles. The highest BCUT2D eigenvalue weighted by Gasteiger charge is 2.20. The van der Waals surface area contributed by atoms with Crippen molar-refractivity contribution in [2.24, 2.45) is 0 Å². The second-order valence-corrected chi connectivity index (χ2v) is 4.95. The van der Waals surface area contributed by atoms with Crippen LogP contribution in [0.3, 0.4) is 0 Å². The summed E-state index contributed by atoms with van der Waals surface area (Å²) in [5.41, 5.74) is 0.101. The number of hydrogen-bond donors (Lipinski definition) is 1. The van der Waals surface area contributed by atoms with Gasteiger partial charge in [0.2, 0.25) is 5.91 Å². The van der Waals surface area contributed by atoms with Gasteiger partial charge < -0.3 is 10.2 Å². The summed E-state index contributed by atoms with van der Waals surface area (Å²) in [5, 5.41) is 13.7. The molecule has 0 aliphatic rings. The third kappa shape index (κ3) is 3.71. The first-order valence-electron chi connectivity index (χ1n) is 5.35. The molecular formula is C11H13Cl2N3O3. The van der Waals surface area contributed by atoms with Gasteiger partial charge in [-0.2, -0.15) is 0 Å². The highest BCUT2D eigenvalue weighted by Crippen LogP contribution is 2.35. The van der Waals surface area contributed by atoms with Gasteiger partial charge in [-0.1, -0.05) is 23.2 Å². The Morgan fingerprint density at radius 2 is 1.84 bits per heavy atom. The topological polar surface area (TPSA) is 75.5 Å². The molecule has 1 unspecified atom stereocenters. The Morgan fingerprint density at radius 1 is 1.37 bits per heavy atom. The molecule has 0 bridgehead atoms. The van der Waals surface area contributed by atoms with E-state index in [0.29, 0.717) is 5.69 Å². The second-order valence-electron chi connectivity index (χ2n) is 4.14. The molecule has 0 aliphatic carbocycles. The van der Waals surface area contributed by atoms with Gasteiger partial charge in [-0.15, -0.1) is 0 Å². The Bertz CT molecular complexity index is 497. The SMILES string of the molecule is CC(Nc1c(Cl)cc([N+](=O)[O-])cc1Cl)C(=O)N(C)C. The van der Waals surface area contributed by atoms with Crippen molar-refractivity contribution in [3.05, 3.63) is 32.3 Å². The van der Waals surface area contributed by atoms with Crippen LogP contribution in [-0.2, 0) is 4.79 Å². The third-order valence-electron chi connectivity index (χ3n) is 2.41. The molecular weight excluding hydrogens is 293 g/mol. The van der Waals surface area contributed by atoms with Crippen LogP contribution in [-0.4, -0.2) is 35.9 Å². The van der Waals surface area contributed by atoms with Crippen LogP contribution in [0.2, 0.25) is 10.0 Å². The average Bonchev–Trinajstić information content (AvgIpc) is 2.31. The van der Waals surface area contributed by atoms with Crippen LogP contribution in [0.1, 0.15) is 6.92 Å². The fourth-order valence-corrected chi connectivity index (χ4v) is 2.05. The molecule has 0 fully saturated rings. The van der Waals surface area contributed by atoms with E-state index in [1.807, 2.05) is 0 Å². The van der Waals surface area contributed by atoms with E-state index in [4.69, 9.17) is 23.2 Å². The molecule has 1 aromatic rings. The summed E-state index contributed by atoms with van der Waals surface area (Å²) in [6, 6.07) is 1.82. The van der Waals surface area contributed by atoms with Crippen LogP contribution in [0, 0.1) is 10.1 Å². The Kier molecular flexibility index (Phi) is 4.97. The second kappa shape index (κ2) is 6.08. The summed E-state index contributed by atoms with van der Waals surface area (Å²) in [7, 11) is 3.25. The smallest absolute Gasteiger partial charge is 0.272 e. The molecule has 0 saturated heterocycles.